The molecule has 0 radical (unpaired) electrons. The number of nitrogens with zero attached hydrogens (tertiary/aromatic N) is 6. The molecule has 1 aliphatic carbocycles. The molecule has 0 aliphatic heterocycles. The number of fused-ring (bicyclic) bond motifs is 2. The number of aromatic nitrogens is 6. The monoisotopic (exact) mass is 319 g/mol. The average Bonchev–Trinajstić information content (AvgIpc) is 3.17. The van der Waals surface area contributed by atoms with Crippen LogP contribution in [-0.4, -0.2) is 29.2 Å². The third-order valence-electron chi connectivity index (χ3n) is 4.49. The summed E-state index contributed by atoms with van der Waals surface area (Å²) in [6.45, 7) is 2.72. The Kier molecular flexibility index (Phi) is 2.82. The van der Waals surface area contributed by atoms with Gasteiger partial charge in [0.15, 0.2) is 0 Å². The molecule has 4 aromatic heterocycles. The van der Waals surface area contributed by atoms with Crippen molar-refractivity contribution in [1.29, 1.82) is 0 Å². The molecular formula is C17H17N7. The van der Waals surface area contributed by atoms with Crippen LogP contribution < -0.4 is 5.32 Å². The van der Waals surface area contributed by atoms with Crippen LogP contribution in [0.1, 0.15) is 35.8 Å². The van der Waals surface area contributed by atoms with Crippen LogP contribution in [0.15, 0.2) is 36.8 Å². The second-order valence-electron chi connectivity index (χ2n) is 6.34. The molecule has 0 bridgehead atoms. The summed E-state index contributed by atoms with van der Waals surface area (Å²) in [5.41, 5.74) is 5.94. The highest BCUT2D eigenvalue weighted by molar-refractivity contribution is 5.67. The Labute approximate surface area is 138 Å². The highest BCUT2D eigenvalue weighted by atomic mass is 15.3. The van der Waals surface area contributed by atoms with E-state index < -0.39 is 0 Å². The smallest absolute Gasteiger partial charge is 0.200 e. The number of nitrogens with one attached hydrogen (secondary N) is 1. The van der Waals surface area contributed by atoms with Gasteiger partial charge in [-0.3, -0.25) is 0 Å². The Bertz CT molecular complexity index is 1040. The minimum absolute atomic E-state index is 0.579. The molecule has 1 saturated carbocycles. The Hall–Kier alpha value is -2.96. The maximum Gasteiger partial charge on any atom is 0.200 e. The summed E-state index contributed by atoms with van der Waals surface area (Å²) >= 11 is 0. The van der Waals surface area contributed by atoms with Crippen LogP contribution >= 0.6 is 0 Å². The first-order valence-electron chi connectivity index (χ1n) is 8.16. The lowest BCUT2D eigenvalue weighted by molar-refractivity contribution is 0.850. The first-order valence-corrected chi connectivity index (χ1v) is 8.16. The summed E-state index contributed by atoms with van der Waals surface area (Å²) in [7, 11) is 0. The molecular weight excluding hydrogens is 302 g/mol. The normalized spacial score (nSPS) is 14.5. The van der Waals surface area contributed by atoms with Crippen molar-refractivity contribution >= 4 is 17.0 Å². The summed E-state index contributed by atoms with van der Waals surface area (Å²) in [6, 6.07) is 8.23. The largest absolute Gasteiger partial charge is 0.376 e. The van der Waals surface area contributed by atoms with Crippen molar-refractivity contribution in [3.63, 3.8) is 0 Å². The molecule has 1 fully saturated rings. The number of anilines is 1. The molecule has 7 heteroatoms. The number of rotatable bonds is 4. The molecule has 5 rings (SSSR count). The molecule has 0 spiro atoms. The van der Waals surface area contributed by atoms with E-state index in [1.165, 1.54) is 18.5 Å². The average molecular weight is 319 g/mol. The maximum absolute atomic E-state index is 4.67. The zero-order chi connectivity index (χ0) is 16.1. The van der Waals surface area contributed by atoms with E-state index in [4.69, 9.17) is 0 Å². The van der Waals surface area contributed by atoms with Gasteiger partial charge in [0.1, 0.15) is 12.0 Å². The lowest BCUT2D eigenvalue weighted by Gasteiger charge is -2.07. The van der Waals surface area contributed by atoms with E-state index in [1.54, 1.807) is 10.8 Å². The van der Waals surface area contributed by atoms with Crippen LogP contribution in [0.4, 0.5) is 5.69 Å². The Morgan fingerprint density at radius 3 is 3.04 bits per heavy atom. The lowest BCUT2D eigenvalue weighted by Crippen LogP contribution is -2.05. The van der Waals surface area contributed by atoms with Gasteiger partial charge in [0.05, 0.1) is 23.6 Å². The van der Waals surface area contributed by atoms with Crippen LogP contribution in [0.2, 0.25) is 0 Å². The first kappa shape index (κ1) is 13.5. The number of hydrogen-bond donors (Lipinski definition) is 1. The number of aryl methyl sites for hydroxylation is 1. The summed E-state index contributed by atoms with van der Waals surface area (Å²) in [4.78, 5) is 4.67. The number of hydrogen-bond acceptors (Lipinski definition) is 5. The van der Waals surface area contributed by atoms with Crippen molar-refractivity contribution in [3.8, 4) is 0 Å². The zero-order valence-corrected chi connectivity index (χ0v) is 13.3. The molecule has 7 nitrogen and oxygen atoms in total. The van der Waals surface area contributed by atoms with E-state index in [1.807, 2.05) is 12.1 Å². The van der Waals surface area contributed by atoms with Gasteiger partial charge in [-0.25, -0.2) is 4.98 Å². The maximum atomic E-state index is 4.67. The number of pyridine rings is 1. The lowest BCUT2D eigenvalue weighted by atomic mass is 10.2. The molecule has 4 heterocycles. The highest BCUT2D eigenvalue weighted by Gasteiger charge is 2.26. The van der Waals surface area contributed by atoms with Crippen molar-refractivity contribution in [3.05, 3.63) is 53.9 Å². The minimum Gasteiger partial charge on any atom is -0.376 e. The van der Waals surface area contributed by atoms with Crippen molar-refractivity contribution < 1.29 is 0 Å². The van der Waals surface area contributed by atoms with Crippen LogP contribution in [-0.2, 0) is 6.54 Å². The van der Waals surface area contributed by atoms with Crippen LogP contribution in [0.3, 0.4) is 0 Å². The highest BCUT2D eigenvalue weighted by Crippen LogP contribution is 2.39. The van der Waals surface area contributed by atoms with Gasteiger partial charge in [-0.05, 0) is 38.0 Å². The summed E-state index contributed by atoms with van der Waals surface area (Å²) in [5.74, 6) is 0.579. The first-order chi connectivity index (χ1) is 11.8. The molecule has 0 unspecified atom stereocenters. The molecule has 1 N–H and O–H groups in total. The standard InChI is InChI=1S/C17H17N7/c1-11-3-2-4-16-20-13(9-23(11)16)8-18-15-7-14(12-5-6-12)22-24-10-19-21-17(15)24/h2-4,7,9-10,12,18H,5-6,8H2,1H3. The molecule has 1 aliphatic rings. The minimum atomic E-state index is 0.579. The molecule has 24 heavy (non-hydrogen) atoms. The van der Waals surface area contributed by atoms with Crippen molar-refractivity contribution in [2.24, 2.45) is 0 Å². The van der Waals surface area contributed by atoms with Crippen molar-refractivity contribution in [2.75, 3.05) is 5.32 Å². The van der Waals surface area contributed by atoms with E-state index >= 15 is 0 Å². The zero-order valence-electron chi connectivity index (χ0n) is 13.3. The van der Waals surface area contributed by atoms with Gasteiger partial charge in [-0.1, -0.05) is 6.07 Å². The van der Waals surface area contributed by atoms with Gasteiger partial charge in [0.2, 0.25) is 5.65 Å². The predicted octanol–water partition coefficient (Wildman–Crippen LogP) is 2.57. The molecule has 0 saturated heterocycles. The predicted molar refractivity (Wildman–Crippen MR) is 90.0 cm³/mol. The number of imidazole rings is 1. The van der Waals surface area contributed by atoms with Gasteiger partial charge in [-0.2, -0.15) is 9.61 Å². The van der Waals surface area contributed by atoms with E-state index in [0.29, 0.717) is 12.5 Å². The summed E-state index contributed by atoms with van der Waals surface area (Å²) in [6.07, 6.45) is 6.15. The van der Waals surface area contributed by atoms with Crippen molar-refractivity contribution in [1.82, 2.24) is 29.2 Å². The van der Waals surface area contributed by atoms with Gasteiger partial charge >= 0.3 is 0 Å². The molecule has 0 aromatic carbocycles. The summed E-state index contributed by atoms with van der Waals surface area (Å²) in [5, 5.41) is 16.2. The molecule has 4 aromatic rings. The van der Waals surface area contributed by atoms with E-state index in [-0.39, 0.29) is 0 Å². The van der Waals surface area contributed by atoms with Gasteiger partial charge in [0.25, 0.3) is 0 Å². The molecule has 0 atom stereocenters. The van der Waals surface area contributed by atoms with Gasteiger partial charge in [-0.15, -0.1) is 10.2 Å². The van der Waals surface area contributed by atoms with Crippen LogP contribution in [0.5, 0.6) is 0 Å². The fourth-order valence-electron chi connectivity index (χ4n) is 3.02. The fraction of sp³-hybridized carbons (Fsp3) is 0.294. The fourth-order valence-corrected chi connectivity index (χ4v) is 3.02. The van der Waals surface area contributed by atoms with Gasteiger partial charge in [0, 0.05) is 17.8 Å². The van der Waals surface area contributed by atoms with Crippen LogP contribution in [0.25, 0.3) is 11.3 Å². The molecule has 120 valence electrons. The SMILES string of the molecule is Cc1cccc2nc(CNc3cc(C4CC4)nn4cnnc34)cn12. The quantitative estimate of drug-likeness (QED) is 0.626. The van der Waals surface area contributed by atoms with Crippen LogP contribution in [0, 0.1) is 6.92 Å². The van der Waals surface area contributed by atoms with E-state index in [9.17, 15) is 0 Å². The second-order valence-corrected chi connectivity index (χ2v) is 6.34. The van der Waals surface area contributed by atoms with E-state index in [2.05, 4.69) is 55.3 Å². The third kappa shape index (κ3) is 2.20. The Morgan fingerprint density at radius 1 is 1.29 bits per heavy atom. The summed E-state index contributed by atoms with van der Waals surface area (Å²) < 4.78 is 3.86. The topological polar surface area (TPSA) is 72.4 Å². The Balaban J connectivity index is 1.47. The third-order valence-corrected chi connectivity index (χ3v) is 4.49. The van der Waals surface area contributed by atoms with Gasteiger partial charge < -0.3 is 9.72 Å². The van der Waals surface area contributed by atoms with Crippen molar-refractivity contribution in [2.45, 2.75) is 32.2 Å². The van der Waals surface area contributed by atoms with E-state index in [0.717, 1.165) is 28.4 Å². The second kappa shape index (κ2) is 5.02. The molecule has 0 amide bonds. The Morgan fingerprint density at radius 2 is 2.21 bits per heavy atom.